The molecule has 33 heavy (non-hydrogen) atoms. The maximum atomic E-state index is 14.4. The first-order valence-electron chi connectivity index (χ1n) is 10.5. The average Bonchev–Trinajstić information content (AvgIpc) is 3.23. The molecule has 9 heteroatoms. The fourth-order valence-corrected chi connectivity index (χ4v) is 3.30. The quantitative estimate of drug-likeness (QED) is 0.192. The van der Waals surface area contributed by atoms with E-state index >= 15 is 0 Å². The van der Waals surface area contributed by atoms with Crippen LogP contribution in [0.25, 0.3) is 5.65 Å². The number of halogens is 2. The van der Waals surface area contributed by atoms with Crippen LogP contribution in [0.5, 0.6) is 11.5 Å². The standard InChI is InChI=1S/C24H25FN6O.HI/c1-26-24(28-15-13-23-30-29-22-9-5-6-16-31(22)23)27-14-12-18-10-11-21(20(25)17-18)32-19-7-3-2-4-8-19;/h2-11,16-17H,12-15H2,1H3,(H2,26,27,28);1H. The number of ether oxygens (including phenoxy) is 1. The minimum Gasteiger partial charge on any atom is -0.454 e. The number of nitrogens with one attached hydrogen (secondary N) is 2. The van der Waals surface area contributed by atoms with Crippen LogP contribution in [0.3, 0.4) is 0 Å². The molecule has 7 nitrogen and oxygen atoms in total. The molecule has 0 radical (unpaired) electrons. The van der Waals surface area contributed by atoms with Crippen molar-refractivity contribution in [2.75, 3.05) is 20.1 Å². The topological polar surface area (TPSA) is 75.8 Å². The molecular weight excluding hydrogens is 534 g/mol. The Kier molecular flexibility index (Phi) is 8.99. The summed E-state index contributed by atoms with van der Waals surface area (Å²) >= 11 is 0. The molecule has 0 saturated carbocycles. The van der Waals surface area contributed by atoms with Gasteiger partial charge in [0, 0.05) is 32.8 Å². The second-order valence-corrected chi connectivity index (χ2v) is 7.15. The van der Waals surface area contributed by atoms with E-state index in [0.29, 0.717) is 37.6 Å². The lowest BCUT2D eigenvalue weighted by Gasteiger charge is -2.12. The van der Waals surface area contributed by atoms with Gasteiger partial charge < -0.3 is 15.4 Å². The Morgan fingerprint density at radius 1 is 0.970 bits per heavy atom. The van der Waals surface area contributed by atoms with Gasteiger partial charge in [-0.3, -0.25) is 9.39 Å². The molecule has 172 valence electrons. The second kappa shape index (κ2) is 12.1. The first-order chi connectivity index (χ1) is 15.7. The molecule has 0 atom stereocenters. The largest absolute Gasteiger partial charge is 0.454 e. The van der Waals surface area contributed by atoms with Crippen LogP contribution in [0.1, 0.15) is 11.4 Å². The predicted molar refractivity (Wildman–Crippen MR) is 138 cm³/mol. The van der Waals surface area contributed by atoms with E-state index in [1.54, 1.807) is 25.2 Å². The number of hydrogen-bond acceptors (Lipinski definition) is 4. The number of nitrogens with zero attached hydrogens (tertiary/aromatic N) is 4. The zero-order chi connectivity index (χ0) is 22.2. The van der Waals surface area contributed by atoms with E-state index in [-0.39, 0.29) is 35.5 Å². The van der Waals surface area contributed by atoms with Gasteiger partial charge in [-0.25, -0.2) is 4.39 Å². The van der Waals surface area contributed by atoms with Crippen LogP contribution < -0.4 is 15.4 Å². The Morgan fingerprint density at radius 2 is 1.73 bits per heavy atom. The van der Waals surface area contributed by atoms with Crippen molar-refractivity contribution >= 4 is 35.6 Å². The lowest BCUT2D eigenvalue weighted by atomic mass is 10.1. The van der Waals surface area contributed by atoms with Crippen molar-refractivity contribution in [3.63, 3.8) is 0 Å². The highest BCUT2D eigenvalue weighted by atomic mass is 127. The van der Waals surface area contributed by atoms with E-state index in [1.165, 1.54) is 6.07 Å². The summed E-state index contributed by atoms with van der Waals surface area (Å²) in [6.07, 6.45) is 3.31. The van der Waals surface area contributed by atoms with E-state index in [9.17, 15) is 4.39 Å². The molecule has 0 amide bonds. The van der Waals surface area contributed by atoms with E-state index in [4.69, 9.17) is 4.74 Å². The molecule has 2 aromatic carbocycles. The summed E-state index contributed by atoms with van der Waals surface area (Å²) in [5.41, 5.74) is 1.71. The fourth-order valence-electron chi connectivity index (χ4n) is 3.30. The highest BCUT2D eigenvalue weighted by molar-refractivity contribution is 14.0. The molecule has 2 heterocycles. The Hall–Kier alpha value is -3.21. The van der Waals surface area contributed by atoms with Gasteiger partial charge in [-0.1, -0.05) is 30.3 Å². The minimum absolute atomic E-state index is 0. The summed E-state index contributed by atoms with van der Waals surface area (Å²) in [4.78, 5) is 4.24. The Bertz CT molecular complexity index is 1200. The van der Waals surface area contributed by atoms with Crippen LogP contribution in [0, 0.1) is 5.82 Å². The predicted octanol–water partition coefficient (Wildman–Crippen LogP) is 4.23. The van der Waals surface area contributed by atoms with Crippen LogP contribution in [0.4, 0.5) is 4.39 Å². The van der Waals surface area contributed by atoms with Crippen molar-refractivity contribution in [1.29, 1.82) is 0 Å². The molecule has 2 aromatic heterocycles. The summed E-state index contributed by atoms with van der Waals surface area (Å²) < 4.78 is 22.0. The van der Waals surface area contributed by atoms with Gasteiger partial charge in [-0.05, 0) is 48.4 Å². The van der Waals surface area contributed by atoms with E-state index in [2.05, 4.69) is 25.8 Å². The van der Waals surface area contributed by atoms with Crippen molar-refractivity contribution in [2.45, 2.75) is 12.8 Å². The lowest BCUT2D eigenvalue weighted by Crippen LogP contribution is -2.39. The Morgan fingerprint density at radius 3 is 2.48 bits per heavy atom. The summed E-state index contributed by atoms with van der Waals surface area (Å²) in [6.45, 7) is 1.28. The molecule has 4 aromatic rings. The Balaban J connectivity index is 0.00000306. The van der Waals surface area contributed by atoms with Gasteiger partial charge in [0.15, 0.2) is 23.2 Å². The van der Waals surface area contributed by atoms with Crippen LogP contribution in [-0.4, -0.2) is 40.7 Å². The van der Waals surface area contributed by atoms with Crippen LogP contribution in [0.2, 0.25) is 0 Å². The van der Waals surface area contributed by atoms with E-state index in [0.717, 1.165) is 17.0 Å². The smallest absolute Gasteiger partial charge is 0.191 e. The summed E-state index contributed by atoms with van der Waals surface area (Å²) in [5.74, 6) is 2.01. The van der Waals surface area contributed by atoms with Gasteiger partial charge in [0.05, 0.1) is 0 Å². The molecular formula is C24H26FIN6O. The third-order valence-corrected chi connectivity index (χ3v) is 4.92. The zero-order valence-electron chi connectivity index (χ0n) is 18.2. The highest BCUT2D eigenvalue weighted by Crippen LogP contribution is 2.25. The number of aliphatic imine (C=N–C) groups is 1. The van der Waals surface area contributed by atoms with Crippen molar-refractivity contribution in [1.82, 2.24) is 25.2 Å². The van der Waals surface area contributed by atoms with Gasteiger partial charge in [0.2, 0.25) is 0 Å². The van der Waals surface area contributed by atoms with Crippen molar-refractivity contribution in [2.24, 2.45) is 4.99 Å². The molecule has 0 unspecified atom stereocenters. The van der Waals surface area contributed by atoms with Crippen molar-refractivity contribution in [3.05, 3.63) is 90.1 Å². The number of aromatic nitrogens is 3. The normalized spacial score (nSPS) is 11.2. The number of hydrogen-bond donors (Lipinski definition) is 2. The molecule has 0 aliphatic rings. The molecule has 0 fully saturated rings. The van der Waals surface area contributed by atoms with Gasteiger partial charge in [-0.15, -0.1) is 34.2 Å². The Labute approximate surface area is 209 Å². The molecule has 4 rings (SSSR count). The number of pyridine rings is 1. The lowest BCUT2D eigenvalue weighted by molar-refractivity contribution is 0.441. The second-order valence-electron chi connectivity index (χ2n) is 7.15. The molecule has 0 spiro atoms. The third kappa shape index (κ3) is 6.64. The van der Waals surface area contributed by atoms with Gasteiger partial charge in [0.25, 0.3) is 0 Å². The molecule has 0 saturated heterocycles. The van der Waals surface area contributed by atoms with Crippen LogP contribution >= 0.6 is 24.0 Å². The minimum atomic E-state index is -0.380. The number of para-hydroxylation sites is 1. The number of fused-ring (bicyclic) bond motifs is 1. The third-order valence-electron chi connectivity index (χ3n) is 4.92. The summed E-state index contributed by atoms with van der Waals surface area (Å²) in [6, 6.07) is 20.0. The average molecular weight is 560 g/mol. The molecule has 0 aliphatic heterocycles. The number of benzene rings is 2. The number of guanidine groups is 1. The molecule has 0 bridgehead atoms. The first kappa shape index (κ1) is 24.4. The fraction of sp³-hybridized carbons (Fsp3) is 0.208. The van der Waals surface area contributed by atoms with Gasteiger partial charge in [-0.2, -0.15) is 0 Å². The molecule has 2 N–H and O–H groups in total. The van der Waals surface area contributed by atoms with Crippen LogP contribution in [0.15, 0.2) is 77.9 Å². The van der Waals surface area contributed by atoms with Crippen molar-refractivity contribution < 1.29 is 9.13 Å². The zero-order valence-corrected chi connectivity index (χ0v) is 20.6. The summed E-state index contributed by atoms with van der Waals surface area (Å²) in [5, 5.41) is 14.9. The number of rotatable bonds is 8. The van der Waals surface area contributed by atoms with Crippen molar-refractivity contribution in [3.8, 4) is 11.5 Å². The summed E-state index contributed by atoms with van der Waals surface area (Å²) in [7, 11) is 1.72. The van der Waals surface area contributed by atoms with E-state index < -0.39 is 0 Å². The SMILES string of the molecule is CN=C(NCCc1ccc(Oc2ccccc2)c(F)c1)NCCc1nnc2ccccn12.I. The van der Waals surface area contributed by atoms with E-state index in [1.807, 2.05) is 53.1 Å². The van der Waals surface area contributed by atoms with Crippen LogP contribution in [-0.2, 0) is 12.8 Å². The van der Waals surface area contributed by atoms with Gasteiger partial charge >= 0.3 is 0 Å². The highest BCUT2D eigenvalue weighted by Gasteiger charge is 2.07. The maximum Gasteiger partial charge on any atom is 0.191 e. The molecule has 0 aliphatic carbocycles. The monoisotopic (exact) mass is 560 g/mol. The van der Waals surface area contributed by atoms with Gasteiger partial charge in [0.1, 0.15) is 11.6 Å². The first-order valence-corrected chi connectivity index (χ1v) is 10.5. The maximum absolute atomic E-state index is 14.4.